The zero-order chi connectivity index (χ0) is 9.94. The lowest BCUT2D eigenvalue weighted by atomic mass is 10.0. The van der Waals surface area contributed by atoms with Crippen LogP contribution in [0.4, 0.5) is 0 Å². The molecule has 0 heterocycles. The molecule has 0 amide bonds. The monoisotopic (exact) mass is 178 g/mol. The van der Waals surface area contributed by atoms with Crippen LogP contribution in [0.15, 0.2) is 0 Å². The van der Waals surface area contributed by atoms with E-state index >= 15 is 0 Å². The van der Waals surface area contributed by atoms with E-state index in [9.17, 15) is 0 Å². The molecule has 0 spiro atoms. The van der Waals surface area contributed by atoms with Gasteiger partial charge < -0.3 is 0 Å². The highest BCUT2D eigenvalue weighted by atomic mass is 14.0. The van der Waals surface area contributed by atoms with Gasteiger partial charge in [0.15, 0.2) is 0 Å². The highest BCUT2D eigenvalue weighted by Gasteiger charge is 1.95. The Kier molecular flexibility index (Phi) is 9.32. The van der Waals surface area contributed by atoms with E-state index in [1.165, 1.54) is 19.3 Å². The Labute approximate surface area is 84.1 Å². The third-order valence-electron chi connectivity index (χ3n) is 2.20. The fourth-order valence-corrected chi connectivity index (χ4v) is 1.16. The maximum atomic E-state index is 3.87. The summed E-state index contributed by atoms with van der Waals surface area (Å²) < 4.78 is 0. The van der Waals surface area contributed by atoms with Crippen LogP contribution >= 0.6 is 0 Å². The van der Waals surface area contributed by atoms with Crippen molar-refractivity contribution in [3.05, 3.63) is 13.8 Å². The molecule has 0 aromatic heterocycles. The van der Waals surface area contributed by atoms with Crippen molar-refractivity contribution in [3.8, 4) is 11.8 Å². The summed E-state index contributed by atoms with van der Waals surface area (Å²) in [4.78, 5) is 0. The average molecular weight is 178 g/mol. The number of hydrogen-bond donors (Lipinski definition) is 0. The van der Waals surface area contributed by atoms with Crippen molar-refractivity contribution < 1.29 is 0 Å². The fraction of sp³-hybridized carbons (Fsp3) is 0.692. The fourth-order valence-electron chi connectivity index (χ4n) is 1.16. The van der Waals surface area contributed by atoms with Crippen LogP contribution in [0.25, 0.3) is 0 Å². The van der Waals surface area contributed by atoms with E-state index in [1.807, 2.05) is 0 Å². The van der Waals surface area contributed by atoms with Gasteiger partial charge in [0.05, 0.1) is 0 Å². The van der Waals surface area contributed by atoms with Gasteiger partial charge in [-0.3, -0.25) is 0 Å². The lowest BCUT2D eigenvalue weighted by Crippen LogP contribution is -1.91. The van der Waals surface area contributed by atoms with Gasteiger partial charge in [0, 0.05) is 12.3 Å². The van der Waals surface area contributed by atoms with Gasteiger partial charge in [-0.05, 0) is 19.3 Å². The largest absolute Gasteiger partial charge is 0.103 e. The first kappa shape index (κ1) is 12.6. The second-order valence-electron chi connectivity index (χ2n) is 3.38. The van der Waals surface area contributed by atoms with E-state index < -0.39 is 0 Å². The van der Waals surface area contributed by atoms with Crippen molar-refractivity contribution in [1.82, 2.24) is 0 Å². The van der Waals surface area contributed by atoms with Gasteiger partial charge in [-0.25, -0.2) is 0 Å². The molecule has 0 aliphatic rings. The van der Waals surface area contributed by atoms with Crippen molar-refractivity contribution in [2.75, 3.05) is 0 Å². The van der Waals surface area contributed by atoms with Crippen LogP contribution in [0, 0.1) is 31.6 Å². The second kappa shape index (κ2) is 9.65. The van der Waals surface area contributed by atoms with Gasteiger partial charge in [0.2, 0.25) is 0 Å². The minimum atomic E-state index is 0.521. The average Bonchev–Trinajstić information content (AvgIpc) is 2.17. The zero-order valence-corrected chi connectivity index (χ0v) is 8.94. The molecule has 0 fully saturated rings. The summed E-state index contributed by atoms with van der Waals surface area (Å²) in [6, 6.07) is 0. The standard InChI is InChI=1S/C13H22/c1-4-7-8-9-10-11-12-13(5-2)6-3/h13H,1-2,4-10H2,3H3. The number of hydrogen-bond acceptors (Lipinski definition) is 0. The molecular formula is C13H22. The molecule has 1 unspecified atom stereocenters. The summed E-state index contributed by atoms with van der Waals surface area (Å²) in [5, 5.41) is 0. The highest BCUT2D eigenvalue weighted by molar-refractivity contribution is 5.03. The molecule has 13 heavy (non-hydrogen) atoms. The highest BCUT2D eigenvalue weighted by Crippen LogP contribution is 2.05. The van der Waals surface area contributed by atoms with Crippen LogP contribution in [0.2, 0.25) is 0 Å². The summed E-state index contributed by atoms with van der Waals surface area (Å²) >= 11 is 0. The van der Waals surface area contributed by atoms with Crippen LogP contribution < -0.4 is 0 Å². The Bertz CT molecular complexity index is 143. The Morgan fingerprint density at radius 2 is 1.92 bits per heavy atom. The molecule has 0 heteroatoms. The van der Waals surface area contributed by atoms with Crippen molar-refractivity contribution in [2.24, 2.45) is 5.92 Å². The van der Waals surface area contributed by atoms with E-state index in [0.29, 0.717) is 5.92 Å². The van der Waals surface area contributed by atoms with Crippen LogP contribution in [-0.4, -0.2) is 0 Å². The van der Waals surface area contributed by atoms with Gasteiger partial charge in [0.25, 0.3) is 0 Å². The Hall–Kier alpha value is -0.440. The third-order valence-corrected chi connectivity index (χ3v) is 2.20. The van der Waals surface area contributed by atoms with Gasteiger partial charge >= 0.3 is 0 Å². The summed E-state index contributed by atoms with van der Waals surface area (Å²) in [7, 11) is 0. The minimum absolute atomic E-state index is 0.521. The van der Waals surface area contributed by atoms with E-state index in [0.717, 1.165) is 25.7 Å². The van der Waals surface area contributed by atoms with Crippen LogP contribution in [0.3, 0.4) is 0 Å². The topological polar surface area (TPSA) is 0 Å². The predicted molar refractivity (Wildman–Crippen MR) is 60.0 cm³/mol. The maximum absolute atomic E-state index is 3.87. The summed E-state index contributed by atoms with van der Waals surface area (Å²) in [5.74, 6) is 7.02. The van der Waals surface area contributed by atoms with Crippen molar-refractivity contribution in [3.63, 3.8) is 0 Å². The molecule has 0 bridgehead atoms. The predicted octanol–water partition coefficient (Wildman–Crippen LogP) is 4.02. The lowest BCUT2D eigenvalue weighted by molar-refractivity contribution is 0.656. The number of rotatable bonds is 6. The molecule has 0 aromatic carbocycles. The first-order valence-electron chi connectivity index (χ1n) is 5.42. The zero-order valence-electron chi connectivity index (χ0n) is 8.94. The smallest absolute Gasteiger partial charge is 0.0200 e. The maximum Gasteiger partial charge on any atom is 0.0200 e. The Morgan fingerprint density at radius 3 is 2.46 bits per heavy atom. The van der Waals surface area contributed by atoms with Crippen LogP contribution in [0.1, 0.15) is 51.9 Å². The van der Waals surface area contributed by atoms with E-state index in [-0.39, 0.29) is 0 Å². The second-order valence-corrected chi connectivity index (χ2v) is 3.38. The molecule has 74 valence electrons. The molecule has 0 rings (SSSR count). The molecule has 0 nitrogen and oxygen atoms in total. The van der Waals surface area contributed by atoms with Gasteiger partial charge in [-0.15, -0.1) is 5.92 Å². The minimum Gasteiger partial charge on any atom is -0.103 e. The van der Waals surface area contributed by atoms with Gasteiger partial charge in [0.1, 0.15) is 0 Å². The van der Waals surface area contributed by atoms with E-state index in [4.69, 9.17) is 0 Å². The third kappa shape index (κ3) is 7.91. The molecule has 1 atom stereocenters. The number of unbranched alkanes of at least 4 members (excludes halogenated alkanes) is 4. The summed E-state index contributed by atoms with van der Waals surface area (Å²) in [6.45, 7) is 9.86. The first-order valence-corrected chi connectivity index (χ1v) is 5.42. The molecule has 0 aliphatic heterocycles. The quantitative estimate of drug-likeness (QED) is 0.425. The molecule has 0 saturated carbocycles. The van der Waals surface area contributed by atoms with Crippen molar-refractivity contribution in [2.45, 2.75) is 51.9 Å². The SMILES string of the molecule is [CH2]CCCCCC#CC(C[CH2])CC. The normalized spacial score (nSPS) is 9.85. The van der Waals surface area contributed by atoms with Crippen LogP contribution in [0.5, 0.6) is 0 Å². The Morgan fingerprint density at radius 1 is 1.15 bits per heavy atom. The summed E-state index contributed by atoms with van der Waals surface area (Å²) in [6.07, 6.45) is 7.95. The van der Waals surface area contributed by atoms with E-state index in [1.54, 1.807) is 0 Å². The first-order chi connectivity index (χ1) is 6.35. The van der Waals surface area contributed by atoms with Gasteiger partial charge in [-0.1, -0.05) is 46.0 Å². The summed E-state index contributed by atoms with van der Waals surface area (Å²) in [5.41, 5.74) is 0. The molecule has 2 radical (unpaired) electrons. The molecule has 0 aliphatic carbocycles. The van der Waals surface area contributed by atoms with Gasteiger partial charge in [-0.2, -0.15) is 0 Å². The molecule has 0 N–H and O–H groups in total. The molecule has 0 aromatic rings. The van der Waals surface area contributed by atoms with E-state index in [2.05, 4.69) is 32.6 Å². The lowest BCUT2D eigenvalue weighted by Gasteiger charge is -2.00. The molecule has 0 saturated heterocycles. The van der Waals surface area contributed by atoms with Crippen molar-refractivity contribution >= 4 is 0 Å². The van der Waals surface area contributed by atoms with Crippen molar-refractivity contribution in [1.29, 1.82) is 0 Å². The molecular weight excluding hydrogens is 156 g/mol. The Balaban J connectivity index is 3.37. The van der Waals surface area contributed by atoms with Crippen LogP contribution in [-0.2, 0) is 0 Å².